The van der Waals surface area contributed by atoms with E-state index in [0.717, 1.165) is 30.0 Å². The number of hydrogen-bond donors (Lipinski definition) is 2. The molecule has 2 rings (SSSR count). The molecule has 0 saturated carbocycles. The Kier molecular flexibility index (Phi) is 4.14. The van der Waals surface area contributed by atoms with E-state index in [2.05, 4.69) is 22.2 Å². The quantitative estimate of drug-likeness (QED) is 0.805. The van der Waals surface area contributed by atoms with Crippen LogP contribution in [0.3, 0.4) is 0 Å². The van der Waals surface area contributed by atoms with Crippen LogP contribution in [0.1, 0.15) is 17.5 Å². The molecule has 1 aromatic rings. The molecule has 98 valence electrons. The summed E-state index contributed by atoms with van der Waals surface area (Å²) in [6.07, 6.45) is 3.03. The molecule has 4 nitrogen and oxygen atoms in total. The van der Waals surface area contributed by atoms with Crippen LogP contribution in [0, 0.1) is 12.8 Å². The molecule has 18 heavy (non-hydrogen) atoms. The second-order valence-corrected chi connectivity index (χ2v) is 5.45. The summed E-state index contributed by atoms with van der Waals surface area (Å²) in [5.41, 5.74) is 7.71. The van der Waals surface area contributed by atoms with Gasteiger partial charge in [0.25, 0.3) is 0 Å². The van der Waals surface area contributed by atoms with Crippen molar-refractivity contribution >= 4 is 23.0 Å². The summed E-state index contributed by atoms with van der Waals surface area (Å²) in [7, 11) is 2.16. The molecule has 1 unspecified atom stereocenters. The van der Waals surface area contributed by atoms with Crippen LogP contribution in [0.5, 0.6) is 0 Å². The van der Waals surface area contributed by atoms with Crippen molar-refractivity contribution < 1.29 is 0 Å². The van der Waals surface area contributed by atoms with Gasteiger partial charge in [-0.1, -0.05) is 12.2 Å². The van der Waals surface area contributed by atoms with E-state index >= 15 is 0 Å². The summed E-state index contributed by atoms with van der Waals surface area (Å²) < 4.78 is 0. The molecule has 1 atom stereocenters. The monoisotopic (exact) mass is 264 g/mol. The number of nitrogens with zero attached hydrogens (tertiary/aromatic N) is 2. The minimum absolute atomic E-state index is 0.409. The van der Waals surface area contributed by atoms with Crippen molar-refractivity contribution in [1.29, 1.82) is 0 Å². The molecular weight excluding hydrogens is 244 g/mol. The van der Waals surface area contributed by atoms with Crippen LogP contribution in [0.15, 0.2) is 12.3 Å². The predicted octanol–water partition coefficient (Wildman–Crippen LogP) is 1.39. The second kappa shape index (κ2) is 5.63. The lowest BCUT2D eigenvalue weighted by Gasteiger charge is -2.15. The Morgan fingerprint density at radius 1 is 1.67 bits per heavy atom. The smallest absolute Gasteiger partial charge is 0.136 e. The number of anilines is 1. The van der Waals surface area contributed by atoms with E-state index in [1.807, 2.05) is 13.0 Å². The van der Waals surface area contributed by atoms with Gasteiger partial charge in [0, 0.05) is 19.3 Å². The van der Waals surface area contributed by atoms with Gasteiger partial charge in [0.05, 0.1) is 5.56 Å². The highest BCUT2D eigenvalue weighted by Gasteiger charge is 2.20. The summed E-state index contributed by atoms with van der Waals surface area (Å²) in [5, 5.41) is 3.39. The van der Waals surface area contributed by atoms with Gasteiger partial charge < -0.3 is 16.0 Å². The molecule has 0 bridgehead atoms. The van der Waals surface area contributed by atoms with E-state index in [9.17, 15) is 0 Å². The van der Waals surface area contributed by atoms with Gasteiger partial charge in [0.2, 0.25) is 0 Å². The van der Waals surface area contributed by atoms with Gasteiger partial charge in [-0.15, -0.1) is 0 Å². The largest absolute Gasteiger partial charge is 0.389 e. The fourth-order valence-corrected chi connectivity index (χ4v) is 2.69. The third kappa shape index (κ3) is 2.97. The zero-order valence-electron chi connectivity index (χ0n) is 10.9. The Bertz CT molecular complexity index is 447. The first-order chi connectivity index (χ1) is 8.58. The van der Waals surface area contributed by atoms with Crippen molar-refractivity contribution in [3.63, 3.8) is 0 Å². The van der Waals surface area contributed by atoms with Crippen molar-refractivity contribution in [1.82, 2.24) is 9.88 Å². The van der Waals surface area contributed by atoms with E-state index in [1.165, 1.54) is 13.0 Å². The van der Waals surface area contributed by atoms with Crippen LogP contribution >= 0.6 is 12.2 Å². The van der Waals surface area contributed by atoms with Gasteiger partial charge in [-0.25, -0.2) is 4.98 Å². The lowest BCUT2D eigenvalue weighted by atomic mass is 10.1. The molecule has 1 saturated heterocycles. The Hall–Kier alpha value is -1.20. The highest BCUT2D eigenvalue weighted by atomic mass is 32.1. The molecule has 2 heterocycles. The summed E-state index contributed by atoms with van der Waals surface area (Å²) in [5.74, 6) is 1.49. The number of rotatable bonds is 4. The van der Waals surface area contributed by atoms with Crippen LogP contribution < -0.4 is 11.1 Å². The van der Waals surface area contributed by atoms with Crippen LogP contribution in [-0.2, 0) is 0 Å². The van der Waals surface area contributed by atoms with E-state index in [4.69, 9.17) is 18.0 Å². The van der Waals surface area contributed by atoms with Crippen LogP contribution in [-0.4, -0.2) is 41.6 Å². The van der Waals surface area contributed by atoms with E-state index in [-0.39, 0.29) is 0 Å². The van der Waals surface area contributed by atoms with Crippen molar-refractivity contribution in [2.45, 2.75) is 13.3 Å². The summed E-state index contributed by atoms with van der Waals surface area (Å²) in [6, 6.07) is 1.93. The Morgan fingerprint density at radius 3 is 3.06 bits per heavy atom. The molecule has 1 aliphatic rings. The molecule has 1 fully saturated rings. The summed E-state index contributed by atoms with van der Waals surface area (Å²) in [6.45, 7) is 5.25. The molecule has 5 heteroatoms. The van der Waals surface area contributed by atoms with Crippen molar-refractivity contribution in [2.75, 3.05) is 32.0 Å². The molecular formula is C13H20N4S. The normalized spacial score (nSPS) is 20.0. The Balaban J connectivity index is 2.05. The van der Waals surface area contributed by atoms with E-state index < -0.39 is 0 Å². The van der Waals surface area contributed by atoms with Gasteiger partial charge in [-0.3, -0.25) is 0 Å². The maximum Gasteiger partial charge on any atom is 0.136 e. The molecule has 0 spiro atoms. The first-order valence-corrected chi connectivity index (χ1v) is 6.66. The van der Waals surface area contributed by atoms with Crippen molar-refractivity contribution in [3.05, 3.63) is 23.4 Å². The van der Waals surface area contributed by atoms with Gasteiger partial charge >= 0.3 is 0 Å². The maximum atomic E-state index is 5.76. The number of aromatic nitrogens is 1. The van der Waals surface area contributed by atoms with Crippen LogP contribution in [0.25, 0.3) is 0 Å². The number of hydrogen-bond acceptors (Lipinski definition) is 4. The average Bonchev–Trinajstić information content (AvgIpc) is 2.72. The van der Waals surface area contributed by atoms with Gasteiger partial charge in [-0.2, -0.15) is 0 Å². The Morgan fingerprint density at radius 2 is 2.44 bits per heavy atom. The SMILES string of the molecule is Cc1ccnc(NCC2CCN(C)C2)c1C(N)=S. The van der Waals surface area contributed by atoms with Crippen molar-refractivity contribution in [2.24, 2.45) is 11.7 Å². The molecule has 1 aliphatic heterocycles. The number of nitrogens with one attached hydrogen (secondary N) is 1. The molecule has 0 aliphatic carbocycles. The molecule has 1 aromatic heterocycles. The van der Waals surface area contributed by atoms with Crippen LogP contribution in [0.2, 0.25) is 0 Å². The summed E-state index contributed by atoms with van der Waals surface area (Å²) in [4.78, 5) is 7.11. The standard InChI is InChI=1S/C13H20N4S/c1-9-3-5-15-13(11(9)12(14)18)16-7-10-4-6-17(2)8-10/h3,5,10H,4,6-8H2,1-2H3,(H2,14,18)(H,15,16). The maximum absolute atomic E-state index is 5.76. The zero-order valence-corrected chi connectivity index (χ0v) is 11.8. The Labute approximate surface area is 114 Å². The first-order valence-electron chi connectivity index (χ1n) is 6.25. The number of nitrogens with two attached hydrogens (primary N) is 1. The topological polar surface area (TPSA) is 54.2 Å². The number of aryl methyl sites for hydroxylation is 1. The fraction of sp³-hybridized carbons (Fsp3) is 0.538. The lowest BCUT2D eigenvalue weighted by Crippen LogP contribution is -2.22. The highest BCUT2D eigenvalue weighted by Crippen LogP contribution is 2.19. The lowest BCUT2D eigenvalue weighted by molar-refractivity contribution is 0.399. The highest BCUT2D eigenvalue weighted by molar-refractivity contribution is 7.80. The van der Waals surface area contributed by atoms with Gasteiger partial charge in [-0.05, 0) is 44.5 Å². The predicted molar refractivity (Wildman–Crippen MR) is 79.0 cm³/mol. The molecule has 0 radical (unpaired) electrons. The second-order valence-electron chi connectivity index (χ2n) is 5.01. The van der Waals surface area contributed by atoms with Gasteiger partial charge in [0.15, 0.2) is 0 Å². The van der Waals surface area contributed by atoms with E-state index in [1.54, 1.807) is 6.20 Å². The van der Waals surface area contributed by atoms with Gasteiger partial charge in [0.1, 0.15) is 10.8 Å². The zero-order chi connectivity index (χ0) is 13.1. The molecule has 3 N–H and O–H groups in total. The molecule has 0 amide bonds. The molecule has 0 aromatic carbocycles. The fourth-order valence-electron chi connectivity index (χ4n) is 2.44. The average molecular weight is 264 g/mol. The van der Waals surface area contributed by atoms with Crippen molar-refractivity contribution in [3.8, 4) is 0 Å². The minimum atomic E-state index is 0.409. The summed E-state index contributed by atoms with van der Waals surface area (Å²) >= 11 is 5.09. The van der Waals surface area contributed by atoms with E-state index in [0.29, 0.717) is 10.9 Å². The third-order valence-corrected chi connectivity index (χ3v) is 3.66. The number of likely N-dealkylation sites (tertiary alicyclic amines) is 1. The third-order valence-electron chi connectivity index (χ3n) is 3.45. The number of pyridine rings is 1. The first kappa shape index (κ1) is 13.2. The minimum Gasteiger partial charge on any atom is -0.389 e. The number of thiocarbonyl (C=S) groups is 1. The van der Waals surface area contributed by atoms with Crippen LogP contribution in [0.4, 0.5) is 5.82 Å².